The molecule has 0 aliphatic heterocycles. The van der Waals surface area contributed by atoms with Crippen molar-refractivity contribution in [2.24, 2.45) is 0 Å². The third kappa shape index (κ3) is 4.07. The number of aromatic hydroxyl groups is 1. The van der Waals surface area contributed by atoms with Gasteiger partial charge in [-0.05, 0) is 49.2 Å². The van der Waals surface area contributed by atoms with Crippen LogP contribution in [0.3, 0.4) is 0 Å². The molecule has 0 aliphatic rings. The first-order chi connectivity index (χ1) is 11.3. The maximum atomic E-state index is 10.9. The van der Waals surface area contributed by atoms with Crippen LogP contribution in [0.5, 0.6) is 11.5 Å². The Morgan fingerprint density at radius 3 is 1.96 bits per heavy atom. The predicted molar refractivity (Wildman–Crippen MR) is 107 cm³/mol. The van der Waals surface area contributed by atoms with Crippen LogP contribution in [0.25, 0.3) is 11.1 Å². The molecule has 25 heavy (non-hydrogen) atoms. The van der Waals surface area contributed by atoms with Crippen molar-refractivity contribution in [3.63, 3.8) is 0 Å². The van der Waals surface area contributed by atoms with Gasteiger partial charge in [0, 0.05) is 5.56 Å². The first-order valence-electron chi connectivity index (χ1n) is 8.68. The third-order valence-electron chi connectivity index (χ3n) is 5.05. The van der Waals surface area contributed by atoms with Crippen LogP contribution in [0.2, 0.25) is 18.1 Å². The molecule has 0 heterocycles. The minimum Gasteiger partial charge on any atom is -0.541 e. The van der Waals surface area contributed by atoms with Crippen LogP contribution in [-0.2, 0) is 5.60 Å². The number of aliphatic hydroxyl groups is 1. The molecule has 0 aliphatic carbocycles. The fraction of sp³-hybridized carbons (Fsp3) is 0.429. The molecular weight excluding hydrogens is 328 g/mol. The molecule has 0 bridgehead atoms. The van der Waals surface area contributed by atoms with Crippen molar-refractivity contribution in [2.75, 3.05) is 0 Å². The summed E-state index contributed by atoms with van der Waals surface area (Å²) in [6, 6.07) is 13.2. The van der Waals surface area contributed by atoms with Crippen molar-refractivity contribution < 1.29 is 14.6 Å². The first kappa shape index (κ1) is 19.5. The van der Waals surface area contributed by atoms with E-state index >= 15 is 0 Å². The van der Waals surface area contributed by atoms with Gasteiger partial charge in [-0.2, -0.15) is 0 Å². The van der Waals surface area contributed by atoms with Gasteiger partial charge in [0.1, 0.15) is 5.75 Å². The number of phenolic OH excluding ortho intramolecular Hbond substituents is 1. The molecule has 0 aromatic heterocycles. The largest absolute Gasteiger partial charge is 0.541 e. The van der Waals surface area contributed by atoms with Crippen molar-refractivity contribution in [1.29, 1.82) is 0 Å². The maximum Gasteiger partial charge on any atom is 0.250 e. The quantitative estimate of drug-likeness (QED) is 0.692. The number of benzene rings is 2. The highest BCUT2D eigenvalue weighted by Crippen LogP contribution is 2.44. The molecule has 2 N–H and O–H groups in total. The zero-order valence-electron chi connectivity index (χ0n) is 16.3. The molecule has 136 valence electrons. The molecule has 2 rings (SSSR count). The fourth-order valence-corrected chi connectivity index (χ4v) is 3.52. The van der Waals surface area contributed by atoms with Gasteiger partial charge >= 0.3 is 0 Å². The molecule has 4 heteroatoms. The molecule has 0 spiro atoms. The molecule has 0 fully saturated rings. The topological polar surface area (TPSA) is 49.7 Å². The molecule has 0 amide bonds. The Balaban J connectivity index is 2.55. The van der Waals surface area contributed by atoms with E-state index in [-0.39, 0.29) is 10.8 Å². The van der Waals surface area contributed by atoms with Gasteiger partial charge in [0.2, 0.25) is 0 Å². The summed E-state index contributed by atoms with van der Waals surface area (Å²) in [5.74, 6) is 0.638. The maximum absolute atomic E-state index is 10.9. The van der Waals surface area contributed by atoms with E-state index < -0.39 is 13.9 Å². The monoisotopic (exact) mass is 358 g/mol. The van der Waals surface area contributed by atoms with E-state index in [0.717, 1.165) is 11.1 Å². The van der Waals surface area contributed by atoms with Crippen LogP contribution >= 0.6 is 0 Å². The van der Waals surface area contributed by atoms with E-state index in [1.165, 1.54) is 0 Å². The minimum atomic E-state index is -2.06. The summed E-state index contributed by atoms with van der Waals surface area (Å²) in [6.07, 6.45) is 0. The zero-order valence-corrected chi connectivity index (χ0v) is 17.3. The van der Waals surface area contributed by atoms with Crippen LogP contribution < -0.4 is 4.43 Å². The molecule has 0 unspecified atom stereocenters. The lowest BCUT2D eigenvalue weighted by molar-refractivity contribution is 0.0792. The number of hydrogen-bond acceptors (Lipinski definition) is 3. The van der Waals surface area contributed by atoms with E-state index in [0.29, 0.717) is 11.3 Å². The van der Waals surface area contributed by atoms with Gasteiger partial charge in [-0.15, -0.1) is 0 Å². The predicted octanol–water partition coefficient (Wildman–Crippen LogP) is 5.67. The average Bonchev–Trinajstić information content (AvgIpc) is 2.47. The highest BCUT2D eigenvalue weighted by molar-refractivity contribution is 6.74. The van der Waals surface area contributed by atoms with Crippen LogP contribution in [0.4, 0.5) is 0 Å². The van der Waals surface area contributed by atoms with Gasteiger partial charge in [-0.25, -0.2) is 0 Å². The molecule has 2 aromatic carbocycles. The Kier molecular flexibility index (Phi) is 5.08. The second-order valence-electron chi connectivity index (χ2n) is 8.62. The Bertz CT molecular complexity index is 752. The van der Waals surface area contributed by atoms with Crippen molar-refractivity contribution in [2.45, 2.75) is 58.4 Å². The molecule has 0 radical (unpaired) electrons. The van der Waals surface area contributed by atoms with Crippen LogP contribution in [0.15, 0.2) is 42.5 Å². The van der Waals surface area contributed by atoms with E-state index in [2.05, 4.69) is 33.9 Å². The van der Waals surface area contributed by atoms with Crippen molar-refractivity contribution in [3.8, 4) is 22.6 Å². The molecule has 0 atom stereocenters. The minimum absolute atomic E-state index is 0.0421. The zero-order chi connectivity index (χ0) is 19.0. The highest BCUT2D eigenvalue weighted by Gasteiger charge is 2.39. The number of rotatable bonds is 4. The van der Waals surface area contributed by atoms with Crippen molar-refractivity contribution in [3.05, 3.63) is 48.0 Å². The third-order valence-corrected chi connectivity index (χ3v) is 9.39. The summed E-state index contributed by atoms with van der Waals surface area (Å²) in [5, 5.41) is 21.4. The van der Waals surface area contributed by atoms with E-state index in [4.69, 9.17) is 4.43 Å². The molecule has 0 saturated heterocycles. The van der Waals surface area contributed by atoms with Crippen LogP contribution in [0.1, 0.15) is 40.2 Å². The van der Waals surface area contributed by atoms with Gasteiger partial charge < -0.3 is 14.6 Å². The summed E-state index contributed by atoms with van der Waals surface area (Å²) in [6.45, 7) is 14.3. The number of hydrogen-bond donors (Lipinski definition) is 2. The van der Waals surface area contributed by atoms with Crippen LogP contribution in [0, 0.1) is 0 Å². The summed E-state index contributed by atoms with van der Waals surface area (Å²) < 4.78 is 6.31. The highest BCUT2D eigenvalue weighted by atomic mass is 28.4. The van der Waals surface area contributed by atoms with Gasteiger partial charge in [-0.1, -0.05) is 57.2 Å². The van der Waals surface area contributed by atoms with Gasteiger partial charge in [0.25, 0.3) is 8.32 Å². The van der Waals surface area contributed by atoms with E-state index in [1.807, 2.05) is 42.5 Å². The van der Waals surface area contributed by atoms with Crippen molar-refractivity contribution in [1.82, 2.24) is 0 Å². The SMILES string of the molecule is CC(C)(O)c1ccccc1-c1cccc(O[Si](C)(C)C(C)(C)C)c1O. The summed E-state index contributed by atoms with van der Waals surface area (Å²) in [5.41, 5.74) is 1.26. The lowest BCUT2D eigenvalue weighted by Crippen LogP contribution is -2.43. The summed E-state index contributed by atoms with van der Waals surface area (Å²) in [7, 11) is -2.06. The van der Waals surface area contributed by atoms with Gasteiger partial charge in [0.15, 0.2) is 5.75 Å². The first-order valence-corrected chi connectivity index (χ1v) is 11.6. The second-order valence-corrected chi connectivity index (χ2v) is 13.3. The van der Waals surface area contributed by atoms with Crippen molar-refractivity contribution >= 4 is 8.32 Å². The standard InChI is InChI=1S/C21H30O3Si/c1-20(2,3)25(6,7)24-18-14-10-12-16(19(18)22)15-11-8-9-13-17(15)21(4,5)23/h8-14,22-23H,1-7H3. The second kappa shape index (κ2) is 6.50. The molecular formula is C21H30O3Si. The Morgan fingerprint density at radius 2 is 1.40 bits per heavy atom. The van der Waals surface area contributed by atoms with E-state index in [9.17, 15) is 10.2 Å². The normalized spacial score (nSPS) is 13.0. The molecule has 0 saturated carbocycles. The van der Waals surface area contributed by atoms with E-state index in [1.54, 1.807) is 13.8 Å². The fourth-order valence-electron chi connectivity index (χ4n) is 2.50. The number of para-hydroxylation sites is 1. The smallest absolute Gasteiger partial charge is 0.250 e. The van der Waals surface area contributed by atoms with Gasteiger partial charge in [0.05, 0.1) is 5.60 Å². The summed E-state index contributed by atoms with van der Waals surface area (Å²) in [4.78, 5) is 0. The average molecular weight is 359 g/mol. The lowest BCUT2D eigenvalue weighted by Gasteiger charge is -2.36. The van der Waals surface area contributed by atoms with Gasteiger partial charge in [-0.3, -0.25) is 0 Å². The summed E-state index contributed by atoms with van der Waals surface area (Å²) >= 11 is 0. The molecule has 3 nitrogen and oxygen atoms in total. The Morgan fingerprint density at radius 1 is 0.840 bits per heavy atom. The number of phenols is 1. The lowest BCUT2D eigenvalue weighted by atomic mass is 9.89. The Hall–Kier alpha value is -1.78. The van der Waals surface area contributed by atoms with Crippen LogP contribution in [-0.4, -0.2) is 18.5 Å². The Labute approximate surface area is 152 Å². The molecule has 2 aromatic rings.